The van der Waals surface area contributed by atoms with Gasteiger partial charge in [-0.05, 0) is 57.5 Å². The number of halogens is 1. The van der Waals surface area contributed by atoms with Gasteiger partial charge >= 0.3 is 12.1 Å². The summed E-state index contributed by atoms with van der Waals surface area (Å²) in [7, 11) is 0. The summed E-state index contributed by atoms with van der Waals surface area (Å²) in [5, 5.41) is 17.4. The van der Waals surface area contributed by atoms with Gasteiger partial charge in [-0.2, -0.15) is 5.10 Å². The van der Waals surface area contributed by atoms with Crippen molar-refractivity contribution in [2.75, 3.05) is 13.2 Å². The fourth-order valence-corrected chi connectivity index (χ4v) is 4.18. The molecule has 0 saturated carbocycles. The van der Waals surface area contributed by atoms with Gasteiger partial charge in [0.1, 0.15) is 18.0 Å². The Bertz CT molecular complexity index is 1430. The number of carboxylic acid groups (broad SMARTS) is 1. The zero-order chi connectivity index (χ0) is 29.7. The summed E-state index contributed by atoms with van der Waals surface area (Å²) in [4.78, 5) is 53.8. The highest BCUT2D eigenvalue weighted by atomic mass is 35.5. The average Bonchev–Trinajstić information content (AvgIpc) is 3.46. The van der Waals surface area contributed by atoms with Crippen molar-refractivity contribution in [1.29, 1.82) is 0 Å². The van der Waals surface area contributed by atoms with E-state index in [0.29, 0.717) is 35.2 Å². The minimum absolute atomic E-state index is 0.130. The first kappa shape index (κ1) is 29.6. The Hall–Kier alpha value is -4.42. The molecule has 216 valence electrons. The van der Waals surface area contributed by atoms with Gasteiger partial charge in [0.25, 0.3) is 11.8 Å². The third-order valence-corrected chi connectivity index (χ3v) is 6.10. The van der Waals surface area contributed by atoms with Gasteiger partial charge in [0.15, 0.2) is 0 Å². The van der Waals surface area contributed by atoms with Crippen molar-refractivity contribution in [3.8, 4) is 16.9 Å². The van der Waals surface area contributed by atoms with Crippen molar-refractivity contribution >= 4 is 35.5 Å². The molecule has 1 aromatic heterocycles. The molecule has 0 aliphatic carbocycles. The number of aliphatic carboxylic acids is 1. The first-order valence-corrected chi connectivity index (χ1v) is 13.1. The second-order valence-electron chi connectivity index (χ2n) is 10.1. The van der Waals surface area contributed by atoms with E-state index in [9.17, 15) is 24.3 Å². The Morgan fingerprint density at radius 2 is 1.76 bits per heavy atom. The number of alkyl carbamates (subject to hydrolysis) is 1. The Balaban J connectivity index is 1.31. The van der Waals surface area contributed by atoms with Crippen LogP contribution in [0.5, 0.6) is 5.75 Å². The molecular formula is C28H29ClN4O8. The van der Waals surface area contributed by atoms with Crippen LogP contribution in [0.2, 0.25) is 5.02 Å². The Morgan fingerprint density at radius 3 is 2.37 bits per heavy atom. The number of hydrogen-bond acceptors (Lipinski definition) is 8. The lowest BCUT2D eigenvalue weighted by molar-refractivity contribution is -0.178. The minimum Gasteiger partial charge on any atom is -0.490 e. The summed E-state index contributed by atoms with van der Waals surface area (Å²) in [6.07, 6.45) is 1.98. The standard InChI is InChI=1S/C28H29ClN4O8/c1-28(2,3)40-27(38)30-11-6-12-32-15-17(14-31-32)19-10-9-18(13-22(19)29)39-16-23(26(36)37)41-33-24(34)20-7-4-5-8-21(20)25(33)35/h4-5,7-10,13-15,23H,6,11-12,16H2,1-3H3,(H,30,38)(H,36,37)/t23-/m0/s1. The number of amides is 3. The van der Waals surface area contributed by atoms with Gasteiger partial charge in [-0.1, -0.05) is 23.7 Å². The molecular weight excluding hydrogens is 556 g/mol. The number of carbonyl (C=O) groups is 4. The molecule has 0 bridgehead atoms. The number of ether oxygens (including phenoxy) is 2. The van der Waals surface area contributed by atoms with Gasteiger partial charge < -0.3 is 19.9 Å². The van der Waals surface area contributed by atoms with Crippen molar-refractivity contribution in [3.63, 3.8) is 0 Å². The summed E-state index contributed by atoms with van der Waals surface area (Å²) in [6.45, 7) is 5.87. The molecule has 3 aromatic rings. The Kier molecular flexibility index (Phi) is 8.94. The Labute approximate surface area is 240 Å². The van der Waals surface area contributed by atoms with Crippen LogP contribution in [0.1, 0.15) is 47.9 Å². The van der Waals surface area contributed by atoms with Crippen molar-refractivity contribution in [2.24, 2.45) is 0 Å². The fraction of sp³-hybridized carbons (Fsp3) is 0.321. The molecule has 3 amide bonds. The van der Waals surface area contributed by atoms with E-state index in [1.165, 1.54) is 18.2 Å². The Morgan fingerprint density at radius 1 is 1.07 bits per heavy atom. The molecule has 2 aromatic carbocycles. The lowest BCUT2D eigenvalue weighted by Gasteiger charge is -2.19. The van der Waals surface area contributed by atoms with Gasteiger partial charge in [0.05, 0.1) is 22.3 Å². The predicted octanol–water partition coefficient (Wildman–Crippen LogP) is 4.18. The lowest BCUT2D eigenvalue weighted by Crippen LogP contribution is -2.41. The van der Waals surface area contributed by atoms with Crippen LogP contribution < -0.4 is 10.1 Å². The highest BCUT2D eigenvalue weighted by molar-refractivity contribution is 6.33. The summed E-state index contributed by atoms with van der Waals surface area (Å²) >= 11 is 6.47. The molecule has 1 atom stereocenters. The minimum atomic E-state index is -1.64. The van der Waals surface area contributed by atoms with Crippen LogP contribution in [0.25, 0.3) is 11.1 Å². The quantitative estimate of drug-likeness (QED) is 0.250. The molecule has 2 heterocycles. The first-order chi connectivity index (χ1) is 19.4. The molecule has 1 aliphatic rings. The van der Waals surface area contributed by atoms with E-state index in [-0.39, 0.29) is 16.9 Å². The summed E-state index contributed by atoms with van der Waals surface area (Å²) in [5.41, 5.74) is 1.12. The van der Waals surface area contributed by atoms with Crippen molar-refractivity contribution in [2.45, 2.75) is 45.4 Å². The smallest absolute Gasteiger partial charge is 0.407 e. The molecule has 13 heteroatoms. The third-order valence-electron chi connectivity index (χ3n) is 5.78. The molecule has 0 spiro atoms. The number of aromatic nitrogens is 2. The van der Waals surface area contributed by atoms with Crippen molar-refractivity contribution in [3.05, 3.63) is 71.0 Å². The molecule has 12 nitrogen and oxygen atoms in total. The van der Waals surface area contributed by atoms with Gasteiger partial charge in [-0.15, -0.1) is 5.06 Å². The van der Waals surface area contributed by atoms with E-state index >= 15 is 0 Å². The molecule has 2 N–H and O–H groups in total. The first-order valence-electron chi connectivity index (χ1n) is 12.7. The number of carboxylic acids is 1. The maximum absolute atomic E-state index is 12.5. The second kappa shape index (κ2) is 12.4. The number of carbonyl (C=O) groups excluding carboxylic acids is 3. The van der Waals surface area contributed by atoms with Gasteiger partial charge in [0, 0.05) is 30.4 Å². The number of aryl methyl sites for hydroxylation is 1. The largest absolute Gasteiger partial charge is 0.490 e. The van der Waals surface area contributed by atoms with E-state index < -0.39 is 42.2 Å². The van der Waals surface area contributed by atoms with E-state index in [4.69, 9.17) is 25.9 Å². The van der Waals surface area contributed by atoms with Crippen LogP contribution in [0.15, 0.2) is 54.9 Å². The van der Waals surface area contributed by atoms with Crippen LogP contribution in [-0.2, 0) is 20.9 Å². The van der Waals surface area contributed by atoms with Crippen molar-refractivity contribution < 1.29 is 38.6 Å². The number of nitrogens with zero attached hydrogens (tertiary/aromatic N) is 3. The highest BCUT2D eigenvalue weighted by Gasteiger charge is 2.39. The topological polar surface area (TPSA) is 149 Å². The maximum Gasteiger partial charge on any atom is 0.407 e. The monoisotopic (exact) mass is 584 g/mol. The zero-order valence-electron chi connectivity index (χ0n) is 22.6. The normalized spacial score (nSPS) is 13.6. The van der Waals surface area contributed by atoms with Gasteiger partial charge in [-0.3, -0.25) is 14.3 Å². The lowest BCUT2D eigenvalue weighted by atomic mass is 10.1. The summed E-state index contributed by atoms with van der Waals surface area (Å²) in [5.74, 6) is -2.65. The van der Waals surface area contributed by atoms with E-state index in [1.54, 1.807) is 55.9 Å². The SMILES string of the molecule is CC(C)(C)OC(=O)NCCCn1cc(-c2ccc(OC[C@H](ON3C(=O)c4ccccc4C3=O)C(=O)O)cc2Cl)cn1. The van der Waals surface area contributed by atoms with E-state index in [2.05, 4.69) is 10.4 Å². The number of rotatable bonds is 11. The molecule has 1 aliphatic heterocycles. The predicted molar refractivity (Wildman–Crippen MR) is 146 cm³/mol. The van der Waals surface area contributed by atoms with Gasteiger partial charge in [0.2, 0.25) is 6.10 Å². The molecule has 0 radical (unpaired) electrons. The number of hydrogen-bond donors (Lipinski definition) is 2. The molecule has 0 saturated heterocycles. The number of benzene rings is 2. The zero-order valence-corrected chi connectivity index (χ0v) is 23.4. The van der Waals surface area contributed by atoms with Crippen LogP contribution >= 0.6 is 11.6 Å². The third kappa shape index (κ3) is 7.41. The van der Waals surface area contributed by atoms with E-state index in [1.807, 2.05) is 6.20 Å². The highest BCUT2D eigenvalue weighted by Crippen LogP contribution is 2.31. The molecule has 0 fully saturated rings. The van der Waals surface area contributed by atoms with Crippen LogP contribution in [0.3, 0.4) is 0 Å². The number of nitrogens with one attached hydrogen (secondary N) is 1. The van der Waals surface area contributed by atoms with Gasteiger partial charge in [-0.25, -0.2) is 14.4 Å². The molecule has 4 rings (SSSR count). The number of fused-ring (bicyclic) bond motifs is 1. The van der Waals surface area contributed by atoms with Crippen LogP contribution in [0.4, 0.5) is 4.79 Å². The van der Waals surface area contributed by atoms with E-state index in [0.717, 1.165) is 5.56 Å². The summed E-state index contributed by atoms with van der Waals surface area (Å²) in [6, 6.07) is 10.9. The molecule has 0 unspecified atom stereocenters. The van der Waals surface area contributed by atoms with Crippen molar-refractivity contribution in [1.82, 2.24) is 20.2 Å². The second-order valence-corrected chi connectivity index (χ2v) is 10.5. The number of hydroxylamine groups is 2. The fourth-order valence-electron chi connectivity index (χ4n) is 3.90. The molecule has 41 heavy (non-hydrogen) atoms. The van der Waals surface area contributed by atoms with Crippen LogP contribution in [-0.4, -0.2) is 68.7 Å². The summed E-state index contributed by atoms with van der Waals surface area (Å²) < 4.78 is 12.5. The maximum atomic E-state index is 12.5. The average molecular weight is 585 g/mol. The van der Waals surface area contributed by atoms with Crippen LogP contribution in [0, 0.1) is 0 Å². The number of imide groups is 1.